The third-order valence-corrected chi connectivity index (χ3v) is 6.30. The molecular weight excluding hydrogens is 314 g/mol. The summed E-state index contributed by atoms with van der Waals surface area (Å²) >= 11 is 0. The Morgan fingerprint density at radius 1 is 1.26 bits per heavy atom. The second-order valence-corrected chi connectivity index (χ2v) is 8.55. The number of hydrogen-bond donors (Lipinski definition) is 0. The Kier molecular flexibility index (Phi) is 5.11. The van der Waals surface area contributed by atoms with E-state index in [1.165, 1.54) is 0 Å². The second kappa shape index (κ2) is 7.09. The lowest BCUT2D eigenvalue weighted by atomic mass is 10.1. The molecule has 23 heavy (non-hydrogen) atoms. The van der Waals surface area contributed by atoms with Gasteiger partial charge >= 0.3 is 0 Å². The molecule has 0 spiro atoms. The molecule has 0 aromatic heterocycles. The number of unbranched alkanes of at least 4 members (excludes halogenated alkanes) is 1. The van der Waals surface area contributed by atoms with Crippen molar-refractivity contribution in [1.29, 1.82) is 0 Å². The number of sulfone groups is 1. The lowest BCUT2D eigenvalue weighted by Gasteiger charge is -2.30. The largest absolute Gasteiger partial charge is 0.486 e. The Morgan fingerprint density at radius 3 is 2.83 bits per heavy atom. The summed E-state index contributed by atoms with van der Waals surface area (Å²) in [5.41, 5.74) is 1.09. The number of fused-ring (bicyclic) bond motifs is 1. The molecule has 0 unspecified atom stereocenters. The van der Waals surface area contributed by atoms with Crippen molar-refractivity contribution in [3.05, 3.63) is 23.8 Å². The van der Waals surface area contributed by atoms with Crippen molar-refractivity contribution in [2.24, 2.45) is 0 Å². The Labute approximate surface area is 138 Å². The van der Waals surface area contributed by atoms with Gasteiger partial charge in [-0.15, -0.1) is 0 Å². The highest BCUT2D eigenvalue weighted by molar-refractivity contribution is 7.91. The Balaban J connectivity index is 1.79. The van der Waals surface area contributed by atoms with Gasteiger partial charge in [-0.05, 0) is 25.5 Å². The minimum Gasteiger partial charge on any atom is -0.486 e. The number of ether oxygens (including phenoxy) is 2. The summed E-state index contributed by atoms with van der Waals surface area (Å²) in [5.74, 6) is 2.21. The summed E-state index contributed by atoms with van der Waals surface area (Å²) in [4.78, 5) is 2.31. The molecule has 1 atom stereocenters. The van der Waals surface area contributed by atoms with Crippen LogP contribution in [0.5, 0.6) is 11.5 Å². The van der Waals surface area contributed by atoms with E-state index in [0.29, 0.717) is 25.5 Å². The molecule has 0 N–H and O–H groups in total. The van der Waals surface area contributed by atoms with Crippen LogP contribution in [0.25, 0.3) is 0 Å². The zero-order chi connectivity index (χ0) is 16.3. The van der Waals surface area contributed by atoms with Gasteiger partial charge in [0, 0.05) is 18.2 Å². The number of hydrogen-bond acceptors (Lipinski definition) is 5. The minimum absolute atomic E-state index is 0.118. The molecule has 0 amide bonds. The van der Waals surface area contributed by atoms with Crippen LogP contribution in [0.4, 0.5) is 0 Å². The fourth-order valence-electron chi connectivity index (χ4n) is 3.29. The van der Waals surface area contributed by atoms with Crippen molar-refractivity contribution in [2.45, 2.75) is 38.8 Å². The first-order valence-electron chi connectivity index (χ1n) is 8.41. The van der Waals surface area contributed by atoms with E-state index < -0.39 is 9.84 Å². The number of benzene rings is 1. The smallest absolute Gasteiger partial charge is 0.165 e. The second-order valence-electron chi connectivity index (χ2n) is 6.32. The van der Waals surface area contributed by atoms with Crippen molar-refractivity contribution >= 4 is 9.84 Å². The van der Waals surface area contributed by atoms with Crippen LogP contribution in [0.3, 0.4) is 0 Å². The van der Waals surface area contributed by atoms with Crippen molar-refractivity contribution in [3.8, 4) is 11.5 Å². The van der Waals surface area contributed by atoms with Crippen molar-refractivity contribution < 1.29 is 17.9 Å². The molecule has 0 saturated carbocycles. The molecule has 2 heterocycles. The first-order valence-corrected chi connectivity index (χ1v) is 10.2. The molecule has 1 saturated heterocycles. The molecule has 1 aromatic carbocycles. The predicted octanol–water partition coefficient (Wildman–Crippen LogP) is 2.25. The molecular formula is C17H25NO4S. The summed E-state index contributed by atoms with van der Waals surface area (Å²) in [6.07, 6.45) is 2.91. The standard InChI is InChI=1S/C17H25NO4S/c1-2-3-8-18(15-7-11-23(19,20)13-15)12-14-5-4-6-16-17(14)22-10-9-21-16/h4-6,15H,2-3,7-13H2,1H3/t15-/m1/s1. The minimum atomic E-state index is -2.87. The van der Waals surface area contributed by atoms with Crippen molar-refractivity contribution in [2.75, 3.05) is 31.3 Å². The zero-order valence-electron chi connectivity index (χ0n) is 13.7. The van der Waals surface area contributed by atoms with E-state index in [0.717, 1.165) is 42.9 Å². The highest BCUT2D eigenvalue weighted by atomic mass is 32.2. The van der Waals surface area contributed by atoms with Gasteiger partial charge < -0.3 is 9.47 Å². The fourth-order valence-corrected chi connectivity index (χ4v) is 5.05. The molecule has 2 aliphatic rings. The maximum Gasteiger partial charge on any atom is 0.165 e. The molecule has 1 aromatic rings. The maximum absolute atomic E-state index is 11.8. The van der Waals surface area contributed by atoms with Crippen LogP contribution in [0, 0.1) is 0 Å². The molecule has 0 bridgehead atoms. The van der Waals surface area contributed by atoms with Crippen LogP contribution in [0.15, 0.2) is 18.2 Å². The number of nitrogens with zero attached hydrogens (tertiary/aromatic N) is 1. The van der Waals surface area contributed by atoms with Gasteiger partial charge in [-0.25, -0.2) is 8.42 Å². The topological polar surface area (TPSA) is 55.8 Å². The van der Waals surface area contributed by atoms with Gasteiger partial charge in [-0.2, -0.15) is 0 Å². The maximum atomic E-state index is 11.8. The van der Waals surface area contributed by atoms with Gasteiger partial charge in [-0.1, -0.05) is 25.5 Å². The summed E-state index contributed by atoms with van der Waals surface area (Å²) in [5, 5.41) is 0. The van der Waals surface area contributed by atoms with Crippen molar-refractivity contribution in [1.82, 2.24) is 4.90 Å². The van der Waals surface area contributed by atoms with E-state index in [2.05, 4.69) is 17.9 Å². The van der Waals surface area contributed by atoms with Gasteiger partial charge in [0.2, 0.25) is 0 Å². The highest BCUT2D eigenvalue weighted by Gasteiger charge is 2.32. The summed E-state index contributed by atoms with van der Waals surface area (Å²) in [6.45, 7) is 4.94. The van der Waals surface area contributed by atoms with Crippen LogP contribution < -0.4 is 9.47 Å². The summed E-state index contributed by atoms with van der Waals surface area (Å²) < 4.78 is 35.1. The Bertz CT molecular complexity index is 644. The van der Waals surface area contributed by atoms with Crippen LogP contribution >= 0.6 is 0 Å². The van der Waals surface area contributed by atoms with E-state index in [4.69, 9.17) is 9.47 Å². The van der Waals surface area contributed by atoms with Gasteiger partial charge in [-0.3, -0.25) is 4.90 Å². The van der Waals surface area contributed by atoms with E-state index >= 15 is 0 Å². The lowest BCUT2D eigenvalue weighted by molar-refractivity contribution is 0.161. The molecule has 0 radical (unpaired) electrons. The normalized spacial score (nSPS) is 22.4. The van der Waals surface area contributed by atoms with Crippen LogP contribution in [-0.4, -0.2) is 50.6 Å². The van der Waals surface area contributed by atoms with Crippen LogP contribution in [0.1, 0.15) is 31.7 Å². The molecule has 0 aliphatic carbocycles. The lowest BCUT2D eigenvalue weighted by Crippen LogP contribution is -2.36. The molecule has 2 aliphatic heterocycles. The quantitative estimate of drug-likeness (QED) is 0.796. The number of para-hydroxylation sites is 1. The molecule has 5 nitrogen and oxygen atoms in total. The monoisotopic (exact) mass is 339 g/mol. The van der Waals surface area contributed by atoms with Crippen LogP contribution in [0.2, 0.25) is 0 Å². The Hall–Kier alpha value is -1.27. The molecule has 128 valence electrons. The van der Waals surface area contributed by atoms with Crippen LogP contribution in [-0.2, 0) is 16.4 Å². The van der Waals surface area contributed by atoms with Gasteiger partial charge in [0.1, 0.15) is 13.2 Å². The molecule has 1 fully saturated rings. The van der Waals surface area contributed by atoms with Gasteiger partial charge in [0.25, 0.3) is 0 Å². The van der Waals surface area contributed by atoms with E-state index in [-0.39, 0.29) is 11.8 Å². The van der Waals surface area contributed by atoms with Crippen molar-refractivity contribution in [3.63, 3.8) is 0 Å². The average molecular weight is 339 g/mol. The third-order valence-electron chi connectivity index (χ3n) is 4.54. The first-order chi connectivity index (χ1) is 11.1. The van der Waals surface area contributed by atoms with Gasteiger partial charge in [0.15, 0.2) is 21.3 Å². The Morgan fingerprint density at radius 2 is 2.09 bits per heavy atom. The third kappa shape index (κ3) is 3.98. The predicted molar refractivity (Wildman–Crippen MR) is 89.8 cm³/mol. The SMILES string of the molecule is CCCCN(Cc1cccc2c1OCCO2)[C@@H]1CCS(=O)(=O)C1. The zero-order valence-corrected chi connectivity index (χ0v) is 14.5. The molecule has 3 rings (SSSR count). The first kappa shape index (κ1) is 16.6. The molecule has 6 heteroatoms. The summed E-state index contributed by atoms with van der Waals surface area (Å²) in [7, 11) is -2.87. The van der Waals surface area contributed by atoms with E-state index in [1.807, 2.05) is 12.1 Å². The van der Waals surface area contributed by atoms with Gasteiger partial charge in [0.05, 0.1) is 11.5 Å². The average Bonchev–Trinajstić information content (AvgIpc) is 2.91. The van der Waals surface area contributed by atoms with E-state index in [9.17, 15) is 8.42 Å². The fraction of sp³-hybridized carbons (Fsp3) is 0.647. The van der Waals surface area contributed by atoms with E-state index in [1.54, 1.807) is 0 Å². The highest BCUT2D eigenvalue weighted by Crippen LogP contribution is 2.35. The summed E-state index contributed by atoms with van der Waals surface area (Å²) in [6, 6.07) is 6.07. The number of rotatable bonds is 6.